The Morgan fingerprint density at radius 1 is 0.633 bits per heavy atom. The van der Waals surface area contributed by atoms with Gasteiger partial charge in [0.05, 0.1) is 27.6 Å². The Bertz CT molecular complexity index is 1920. The van der Waals surface area contributed by atoms with Crippen molar-refractivity contribution in [2.24, 2.45) is 28.6 Å². The van der Waals surface area contributed by atoms with Crippen LogP contribution < -0.4 is 0 Å². The number of para-hydroxylation sites is 2. The van der Waals surface area contributed by atoms with Gasteiger partial charge in [0.25, 0.3) is 0 Å². The Morgan fingerprint density at radius 3 is 1.53 bits per heavy atom. The molecule has 3 atom stereocenters. The minimum Gasteiger partial charge on any atom is -0.748 e. The van der Waals surface area contributed by atoms with E-state index in [-0.39, 0.29) is 33.1 Å². The van der Waals surface area contributed by atoms with Crippen LogP contribution in [-0.2, 0) is 27.4 Å². The normalized spacial score (nSPS) is 24.2. The van der Waals surface area contributed by atoms with Crippen LogP contribution >= 0.6 is 18.5 Å². The number of nitrogens with zero attached hydrogens (tertiary/aromatic N) is 2. The summed E-state index contributed by atoms with van der Waals surface area (Å²) in [6.07, 6.45) is 8.43. The predicted octanol–water partition coefficient (Wildman–Crippen LogP) is 11.4. The maximum absolute atomic E-state index is 5.37. The smallest absolute Gasteiger partial charge is 0.0710 e. The summed E-state index contributed by atoms with van der Waals surface area (Å²) >= 11 is 0. The number of benzene rings is 2. The number of rotatable bonds is 5. The molecule has 4 saturated carbocycles. The molecule has 0 aliphatic heterocycles. The number of fused-ring (bicyclic) bond motifs is 2. The summed E-state index contributed by atoms with van der Waals surface area (Å²) in [4.78, 5) is 10.7. The van der Waals surface area contributed by atoms with Crippen molar-refractivity contribution in [1.82, 2.24) is 9.97 Å². The third kappa shape index (κ3) is 5.78. The van der Waals surface area contributed by atoms with Crippen molar-refractivity contribution in [2.75, 3.05) is 0 Å². The van der Waals surface area contributed by atoms with E-state index in [0.717, 1.165) is 50.9 Å². The first-order chi connectivity index (χ1) is 23.1. The van der Waals surface area contributed by atoms with Gasteiger partial charge >= 0.3 is 0 Å². The monoisotopic (exact) mass is 722 g/mol. The molecule has 3 unspecified atom stereocenters. The molecule has 0 saturated heterocycles. The zero-order valence-electron chi connectivity index (χ0n) is 28.9. The molecule has 5 heteroatoms. The Morgan fingerprint density at radius 2 is 1.08 bits per heavy atom. The van der Waals surface area contributed by atoms with Crippen LogP contribution in [0.2, 0.25) is 0 Å². The first-order valence-electron chi connectivity index (χ1n) is 17.8. The third-order valence-electron chi connectivity index (χ3n) is 12.3. The van der Waals surface area contributed by atoms with E-state index in [1.165, 1.54) is 49.7 Å². The van der Waals surface area contributed by atoms with E-state index in [9.17, 15) is 0 Å². The van der Waals surface area contributed by atoms with Gasteiger partial charge < -0.3 is 30.3 Å². The molecule has 0 spiro atoms. The zero-order chi connectivity index (χ0) is 33.1. The average Bonchev–Trinajstić information content (AvgIpc) is 3.83. The molecule has 10 rings (SSSR count). The van der Waals surface area contributed by atoms with Crippen molar-refractivity contribution >= 4 is 40.3 Å². The fraction of sp³-hybridized carbons (Fsp3) is 0.364. The second-order valence-corrected chi connectivity index (χ2v) is 17.9. The van der Waals surface area contributed by atoms with Crippen LogP contribution in [0.1, 0.15) is 81.8 Å². The van der Waals surface area contributed by atoms with Gasteiger partial charge in [0.1, 0.15) is 0 Å². The maximum atomic E-state index is 5.37. The van der Waals surface area contributed by atoms with E-state index < -0.39 is 5.16 Å². The fourth-order valence-corrected chi connectivity index (χ4v) is 11.7. The molecule has 0 N–H and O–H groups in total. The van der Waals surface area contributed by atoms with Crippen molar-refractivity contribution in [3.05, 3.63) is 144 Å². The second kappa shape index (κ2) is 13.1. The summed E-state index contributed by atoms with van der Waals surface area (Å²) in [6, 6.07) is 43.0. The van der Waals surface area contributed by atoms with Gasteiger partial charge in [0, 0.05) is 27.8 Å². The van der Waals surface area contributed by atoms with Crippen molar-refractivity contribution in [3.63, 3.8) is 0 Å². The van der Waals surface area contributed by atoms with Gasteiger partial charge in [-0.1, -0.05) is 69.3 Å². The molecule has 258 valence electrons. The molecule has 49 heavy (non-hydrogen) atoms. The molecule has 6 aromatic rings. The van der Waals surface area contributed by atoms with Crippen LogP contribution in [0.25, 0.3) is 21.8 Å². The number of hydrogen-bond acceptors (Lipinski definition) is 2. The molecule has 0 radical (unpaired) electrons. The van der Waals surface area contributed by atoms with E-state index in [0.29, 0.717) is 0 Å². The maximum Gasteiger partial charge on any atom is 0.0710 e. The third-order valence-corrected chi connectivity index (χ3v) is 15.0. The summed E-state index contributed by atoms with van der Waals surface area (Å²) in [6.45, 7) is 7.47. The van der Waals surface area contributed by atoms with E-state index in [2.05, 4.69) is 130 Å². The molecule has 4 aliphatic rings. The Labute approximate surface area is 307 Å². The first kappa shape index (κ1) is 34.8. The minimum absolute atomic E-state index is 0. The van der Waals surface area contributed by atoms with E-state index >= 15 is 0 Å². The Kier molecular flexibility index (Phi) is 9.33. The Balaban J connectivity index is 0.000000581. The number of aromatic nitrogens is 2. The quantitative estimate of drug-likeness (QED) is 0.101. The number of hydrogen-bond donors (Lipinski definition) is 0. The topological polar surface area (TPSA) is 25.8 Å². The van der Waals surface area contributed by atoms with E-state index in [4.69, 9.17) is 9.97 Å². The summed E-state index contributed by atoms with van der Waals surface area (Å²) in [5, 5.41) is 1.64. The minimum atomic E-state index is -0.609. The molecule has 4 aliphatic carbocycles. The van der Waals surface area contributed by atoms with Gasteiger partial charge in [-0.05, 0) is 96.5 Å². The van der Waals surface area contributed by atoms with E-state index in [1.807, 2.05) is 30.3 Å². The molecule has 2 aromatic heterocycles. The summed E-state index contributed by atoms with van der Waals surface area (Å²) < 4.78 is 0. The van der Waals surface area contributed by atoms with Gasteiger partial charge in [-0.15, -0.1) is 29.6 Å². The van der Waals surface area contributed by atoms with Gasteiger partial charge in [-0.2, -0.15) is 6.07 Å². The largest absolute Gasteiger partial charge is 0.748 e. The van der Waals surface area contributed by atoms with Crippen molar-refractivity contribution in [3.8, 4) is 0 Å². The molecule has 4 aromatic carbocycles. The zero-order valence-corrected chi connectivity index (χ0v) is 32.3. The van der Waals surface area contributed by atoms with E-state index in [1.54, 1.807) is 0 Å². The summed E-state index contributed by atoms with van der Waals surface area (Å²) in [7, 11) is 6.86. The van der Waals surface area contributed by atoms with Crippen LogP contribution in [0, 0.1) is 28.6 Å². The summed E-state index contributed by atoms with van der Waals surface area (Å²) in [5.41, 5.74) is 7.22. The molecule has 4 bridgehead atoms. The molecule has 2 heterocycles. The predicted molar refractivity (Wildman–Crippen MR) is 209 cm³/mol. The van der Waals surface area contributed by atoms with Crippen molar-refractivity contribution < 1.29 is 17.1 Å². The molecule has 4 fully saturated rings. The van der Waals surface area contributed by atoms with Crippen LogP contribution in [0.15, 0.2) is 121 Å². The molecule has 2 nitrogen and oxygen atoms in total. The van der Waals surface area contributed by atoms with Gasteiger partial charge in [-0.3, -0.25) is 9.97 Å². The fourth-order valence-electron chi connectivity index (χ4n) is 10.5. The van der Waals surface area contributed by atoms with Gasteiger partial charge in [0.2, 0.25) is 0 Å². The SMILES string of the molecule is CC(C)(C)C(P)([c-]1cccc1C(P)(c1ccc2ccccc2n1)c1ccc2ccccc2n1)C12CC3CC(CC(C3)C1)C2.[Fe].[cH-]1[cH-][cH-][cH-][cH-]1. The number of pyridine rings is 2. The van der Waals surface area contributed by atoms with Crippen molar-refractivity contribution in [2.45, 2.75) is 69.6 Å². The van der Waals surface area contributed by atoms with Crippen LogP contribution in [0.5, 0.6) is 0 Å². The second-order valence-electron chi connectivity index (χ2n) is 16.2. The van der Waals surface area contributed by atoms with Crippen molar-refractivity contribution in [1.29, 1.82) is 0 Å². The first-order valence-corrected chi connectivity index (χ1v) is 19.0. The van der Waals surface area contributed by atoms with Gasteiger partial charge in [0.15, 0.2) is 0 Å². The summed E-state index contributed by atoms with van der Waals surface area (Å²) in [5.74, 6) is 2.66. The standard InChI is InChI=1S/C39H43N2P2.C5H5.Fe/c1-36(2,3)39(43,37-22-25-19-26(23-37)21-27(20-25)24-37)31-12-8-11-30(31)38(42,34-17-15-28-9-4-6-13-32(28)40-34)35-18-16-29-10-5-7-14-33(29)41-35;1-2-4-5-3-1;/h4-18,25-27H,19-24,42-43H2,1-3H3;1-5H;/q-1;-5;. The average molecular weight is 723 g/mol. The van der Waals surface area contributed by atoms with Gasteiger partial charge in [-0.25, -0.2) is 12.1 Å². The molecular weight excluding hydrogens is 674 g/mol. The Hall–Kier alpha value is -2.66. The van der Waals surface area contributed by atoms with Crippen LogP contribution in [0.3, 0.4) is 0 Å². The molecule has 0 amide bonds. The van der Waals surface area contributed by atoms with Crippen LogP contribution in [-0.4, -0.2) is 9.97 Å². The molecular formula is C44H48FeN2P2-6. The van der Waals surface area contributed by atoms with Crippen LogP contribution in [0.4, 0.5) is 0 Å².